The summed E-state index contributed by atoms with van der Waals surface area (Å²) in [5.41, 5.74) is 0.614. The van der Waals surface area contributed by atoms with Gasteiger partial charge in [-0.1, -0.05) is 34.1 Å². The third-order valence-corrected chi connectivity index (χ3v) is 2.61. The molecular weight excluding hydrogens is 120 g/mol. The van der Waals surface area contributed by atoms with Crippen molar-refractivity contribution in [1.82, 2.24) is 0 Å². The highest BCUT2D eigenvalue weighted by Gasteiger charge is 2.48. The summed E-state index contributed by atoms with van der Waals surface area (Å²) in [6, 6.07) is 0. The lowest BCUT2D eigenvalue weighted by Crippen LogP contribution is -2.02. The Labute approximate surface area is 65.0 Å². The van der Waals surface area contributed by atoms with Crippen LogP contribution in [0.5, 0.6) is 0 Å². The Balaban J connectivity index is 2.29. The van der Waals surface area contributed by atoms with Gasteiger partial charge in [0, 0.05) is 0 Å². The predicted octanol–water partition coefficient (Wildman–Crippen LogP) is 3.28. The second-order valence-corrected chi connectivity index (χ2v) is 4.29. The normalized spacial score (nSPS) is 38.7. The van der Waals surface area contributed by atoms with Crippen molar-refractivity contribution in [3.63, 3.8) is 0 Å². The molecule has 2 atom stereocenters. The predicted molar refractivity (Wildman–Crippen MR) is 45.6 cm³/mol. The van der Waals surface area contributed by atoms with Gasteiger partial charge in [-0.3, -0.25) is 0 Å². The zero-order chi connectivity index (χ0) is 7.78. The van der Waals surface area contributed by atoms with Gasteiger partial charge in [0.2, 0.25) is 0 Å². The monoisotopic (exact) mass is 139 g/mol. The van der Waals surface area contributed by atoms with Gasteiger partial charge in [-0.25, -0.2) is 0 Å². The molecular formula is C10H19. The zero-order valence-corrected chi connectivity index (χ0v) is 7.65. The van der Waals surface area contributed by atoms with Crippen molar-refractivity contribution in [2.24, 2.45) is 17.3 Å². The molecule has 1 rings (SSSR count). The lowest BCUT2D eigenvalue weighted by molar-refractivity contribution is 0.390. The largest absolute Gasteiger partial charge is 0.0651 e. The molecule has 0 aromatic carbocycles. The molecule has 1 radical (unpaired) electrons. The summed E-state index contributed by atoms with van der Waals surface area (Å²) in [4.78, 5) is 0. The first kappa shape index (κ1) is 8.10. The standard InChI is InChI=1S/C10H19/c1-5-9-7-10(9,4)6-8(2)3/h7-9H,5-6H2,1-4H3. The van der Waals surface area contributed by atoms with E-state index in [0.717, 1.165) is 11.8 Å². The second kappa shape index (κ2) is 2.56. The number of hydrogen-bond donors (Lipinski definition) is 0. The van der Waals surface area contributed by atoms with Crippen LogP contribution < -0.4 is 0 Å². The van der Waals surface area contributed by atoms with Crippen LogP contribution in [0, 0.1) is 23.7 Å². The molecule has 0 nitrogen and oxygen atoms in total. The molecule has 0 aromatic heterocycles. The Morgan fingerprint density at radius 1 is 1.50 bits per heavy atom. The molecule has 0 saturated heterocycles. The maximum absolute atomic E-state index is 2.51. The molecule has 59 valence electrons. The van der Waals surface area contributed by atoms with E-state index in [1.165, 1.54) is 12.8 Å². The third kappa shape index (κ3) is 1.53. The first-order chi connectivity index (χ1) is 4.58. The van der Waals surface area contributed by atoms with Crippen molar-refractivity contribution in [2.45, 2.75) is 40.5 Å². The van der Waals surface area contributed by atoms with Crippen LogP contribution in [0.2, 0.25) is 0 Å². The van der Waals surface area contributed by atoms with Crippen LogP contribution >= 0.6 is 0 Å². The van der Waals surface area contributed by atoms with Gasteiger partial charge in [0.25, 0.3) is 0 Å². The van der Waals surface area contributed by atoms with Gasteiger partial charge in [0.15, 0.2) is 0 Å². The molecule has 1 fully saturated rings. The first-order valence-electron chi connectivity index (χ1n) is 4.44. The molecule has 0 aromatic rings. The summed E-state index contributed by atoms with van der Waals surface area (Å²) >= 11 is 0. The quantitative estimate of drug-likeness (QED) is 0.563. The highest BCUT2D eigenvalue weighted by atomic mass is 14.5. The minimum Gasteiger partial charge on any atom is -0.0651 e. The summed E-state index contributed by atoms with van der Waals surface area (Å²) in [7, 11) is 0. The molecule has 0 spiro atoms. The SMILES string of the molecule is CCC1[CH]C1(C)CC(C)C. The van der Waals surface area contributed by atoms with Crippen LogP contribution in [0.25, 0.3) is 0 Å². The molecule has 0 N–H and O–H groups in total. The van der Waals surface area contributed by atoms with Gasteiger partial charge in [-0.05, 0) is 30.1 Å². The topological polar surface area (TPSA) is 0 Å². The summed E-state index contributed by atoms with van der Waals surface area (Å²) in [5.74, 6) is 1.78. The fourth-order valence-corrected chi connectivity index (χ4v) is 2.09. The van der Waals surface area contributed by atoms with Gasteiger partial charge >= 0.3 is 0 Å². The Kier molecular flexibility index (Phi) is 2.07. The van der Waals surface area contributed by atoms with Gasteiger partial charge in [0.1, 0.15) is 0 Å². The van der Waals surface area contributed by atoms with Gasteiger partial charge in [0.05, 0.1) is 0 Å². The molecule has 0 heterocycles. The van der Waals surface area contributed by atoms with Crippen molar-refractivity contribution >= 4 is 0 Å². The van der Waals surface area contributed by atoms with Crippen molar-refractivity contribution in [3.8, 4) is 0 Å². The van der Waals surface area contributed by atoms with E-state index in [1.54, 1.807) is 0 Å². The van der Waals surface area contributed by atoms with Crippen molar-refractivity contribution < 1.29 is 0 Å². The van der Waals surface area contributed by atoms with Crippen LogP contribution in [-0.4, -0.2) is 0 Å². The van der Waals surface area contributed by atoms with Crippen LogP contribution in [0.15, 0.2) is 0 Å². The van der Waals surface area contributed by atoms with Crippen molar-refractivity contribution in [3.05, 3.63) is 6.42 Å². The molecule has 1 aliphatic rings. The maximum Gasteiger partial charge on any atom is -0.0258 e. The van der Waals surface area contributed by atoms with E-state index in [0.29, 0.717) is 5.41 Å². The van der Waals surface area contributed by atoms with E-state index in [2.05, 4.69) is 34.1 Å². The molecule has 0 bridgehead atoms. The Morgan fingerprint density at radius 3 is 2.40 bits per heavy atom. The summed E-state index contributed by atoms with van der Waals surface area (Å²) in [6.45, 7) is 9.29. The minimum atomic E-state index is 0.614. The molecule has 0 heteroatoms. The van der Waals surface area contributed by atoms with Crippen LogP contribution in [0.1, 0.15) is 40.5 Å². The number of rotatable bonds is 3. The van der Waals surface area contributed by atoms with Crippen molar-refractivity contribution in [2.75, 3.05) is 0 Å². The lowest BCUT2D eigenvalue weighted by Gasteiger charge is -2.12. The lowest BCUT2D eigenvalue weighted by atomic mass is 9.93. The Morgan fingerprint density at radius 2 is 2.10 bits per heavy atom. The van der Waals surface area contributed by atoms with E-state index in [9.17, 15) is 0 Å². The van der Waals surface area contributed by atoms with E-state index in [4.69, 9.17) is 0 Å². The highest BCUT2D eigenvalue weighted by molar-refractivity contribution is 5.15. The van der Waals surface area contributed by atoms with Gasteiger partial charge in [-0.15, -0.1) is 0 Å². The van der Waals surface area contributed by atoms with Crippen LogP contribution in [0.3, 0.4) is 0 Å². The average Bonchev–Trinajstić information content (AvgIpc) is 2.39. The molecule has 1 aliphatic carbocycles. The number of hydrogen-bond acceptors (Lipinski definition) is 0. The smallest absolute Gasteiger partial charge is 0.0258 e. The van der Waals surface area contributed by atoms with E-state index < -0.39 is 0 Å². The van der Waals surface area contributed by atoms with Gasteiger partial charge < -0.3 is 0 Å². The molecule has 0 amide bonds. The summed E-state index contributed by atoms with van der Waals surface area (Å²) in [5, 5.41) is 0. The van der Waals surface area contributed by atoms with Crippen LogP contribution in [-0.2, 0) is 0 Å². The molecule has 2 unspecified atom stereocenters. The summed E-state index contributed by atoms with van der Waals surface area (Å²) < 4.78 is 0. The van der Waals surface area contributed by atoms with E-state index in [1.807, 2.05) is 0 Å². The summed E-state index contributed by atoms with van der Waals surface area (Å²) in [6.07, 6.45) is 5.22. The Bertz CT molecular complexity index is 115. The average molecular weight is 139 g/mol. The first-order valence-corrected chi connectivity index (χ1v) is 4.44. The van der Waals surface area contributed by atoms with Crippen molar-refractivity contribution in [1.29, 1.82) is 0 Å². The second-order valence-electron chi connectivity index (χ2n) is 4.29. The third-order valence-electron chi connectivity index (χ3n) is 2.61. The zero-order valence-electron chi connectivity index (χ0n) is 7.65. The molecule has 10 heavy (non-hydrogen) atoms. The van der Waals surface area contributed by atoms with E-state index >= 15 is 0 Å². The highest BCUT2D eigenvalue weighted by Crippen LogP contribution is 2.56. The van der Waals surface area contributed by atoms with Gasteiger partial charge in [-0.2, -0.15) is 0 Å². The molecule has 0 aliphatic heterocycles. The fourth-order valence-electron chi connectivity index (χ4n) is 2.09. The fraction of sp³-hybridized carbons (Fsp3) is 0.900. The van der Waals surface area contributed by atoms with Crippen LogP contribution in [0.4, 0.5) is 0 Å². The molecule has 1 saturated carbocycles. The van der Waals surface area contributed by atoms with E-state index in [-0.39, 0.29) is 0 Å². The Hall–Kier alpha value is 0. The maximum atomic E-state index is 2.51. The minimum absolute atomic E-state index is 0.614.